The topological polar surface area (TPSA) is 43.3 Å². The van der Waals surface area contributed by atoms with Crippen molar-refractivity contribution in [1.82, 2.24) is 4.57 Å². The van der Waals surface area contributed by atoms with Gasteiger partial charge in [-0.2, -0.15) is 0 Å². The smallest absolute Gasteiger partial charge is 0.272 e. The number of amides is 1. The molecular weight excluding hydrogens is 388 g/mol. The van der Waals surface area contributed by atoms with Gasteiger partial charge in [0.25, 0.3) is 5.91 Å². The van der Waals surface area contributed by atoms with Crippen molar-refractivity contribution in [2.75, 3.05) is 12.4 Å². The summed E-state index contributed by atoms with van der Waals surface area (Å²) >= 11 is 6.83. The zero-order chi connectivity index (χ0) is 14.7. The third-order valence-corrected chi connectivity index (χ3v) is 4.04. The number of nitrogens with zero attached hydrogens (tertiary/aromatic N) is 1. The summed E-state index contributed by atoms with van der Waals surface area (Å²) in [6.07, 6.45) is 1.84. The van der Waals surface area contributed by atoms with Crippen LogP contribution in [0.3, 0.4) is 0 Å². The second kappa shape index (κ2) is 6.56. The Kier molecular flexibility index (Phi) is 5.01. The molecule has 0 aliphatic heterocycles. The Morgan fingerprint density at radius 3 is 2.75 bits per heavy atom. The maximum atomic E-state index is 12.3. The lowest BCUT2D eigenvalue weighted by molar-refractivity contribution is 0.101. The van der Waals surface area contributed by atoms with Crippen molar-refractivity contribution in [2.45, 2.75) is 6.61 Å². The van der Waals surface area contributed by atoms with Gasteiger partial charge in [-0.3, -0.25) is 4.79 Å². The predicted octanol–water partition coefficient (Wildman–Crippen LogP) is 3.95. The number of halogens is 2. The van der Waals surface area contributed by atoms with Gasteiger partial charge in [-0.15, -0.1) is 0 Å². The van der Waals surface area contributed by atoms with E-state index in [1.807, 2.05) is 31.4 Å². The Hall–Kier alpha value is -1.11. The van der Waals surface area contributed by atoms with E-state index in [9.17, 15) is 4.79 Å². The quantitative estimate of drug-likeness (QED) is 0.842. The van der Waals surface area contributed by atoms with Crippen molar-refractivity contribution >= 4 is 43.5 Å². The van der Waals surface area contributed by atoms with Crippen molar-refractivity contribution in [2.24, 2.45) is 7.05 Å². The summed E-state index contributed by atoms with van der Waals surface area (Å²) in [4.78, 5) is 12.3. The molecule has 0 aliphatic carbocycles. The lowest BCUT2D eigenvalue weighted by atomic mass is 10.2. The van der Waals surface area contributed by atoms with E-state index in [2.05, 4.69) is 37.2 Å². The monoisotopic (exact) mass is 400 g/mol. The minimum Gasteiger partial charge on any atom is -0.380 e. The maximum Gasteiger partial charge on any atom is 0.272 e. The van der Waals surface area contributed by atoms with Crippen LogP contribution in [-0.4, -0.2) is 17.6 Å². The molecular formula is C14H14Br2N2O2. The summed E-state index contributed by atoms with van der Waals surface area (Å²) < 4.78 is 8.72. The van der Waals surface area contributed by atoms with Crippen LogP contribution in [0.1, 0.15) is 16.1 Å². The molecule has 0 aliphatic rings. The number of carbonyl (C=O) groups is 1. The Balaban J connectivity index is 2.28. The van der Waals surface area contributed by atoms with Crippen LogP contribution in [0.25, 0.3) is 0 Å². The van der Waals surface area contributed by atoms with Crippen LogP contribution in [0.15, 0.2) is 39.4 Å². The standard InChI is InChI=1S/C14H14Br2N2O2/c1-18-7-9(15)6-13(18)14(19)17-12-5-3-4-11(16)10(12)8-20-2/h3-7H,8H2,1-2H3,(H,17,19). The number of methoxy groups -OCH3 is 1. The van der Waals surface area contributed by atoms with Crippen LogP contribution in [0.2, 0.25) is 0 Å². The number of benzene rings is 1. The van der Waals surface area contributed by atoms with Crippen LogP contribution < -0.4 is 5.32 Å². The van der Waals surface area contributed by atoms with E-state index in [-0.39, 0.29) is 5.91 Å². The SMILES string of the molecule is COCc1c(Br)cccc1NC(=O)c1cc(Br)cn1C. The largest absolute Gasteiger partial charge is 0.380 e. The minimum absolute atomic E-state index is 0.159. The van der Waals surface area contributed by atoms with Gasteiger partial charge in [-0.05, 0) is 34.1 Å². The molecule has 106 valence electrons. The van der Waals surface area contributed by atoms with Gasteiger partial charge in [0.2, 0.25) is 0 Å². The van der Waals surface area contributed by atoms with Crippen LogP contribution in [0.5, 0.6) is 0 Å². The fourth-order valence-corrected chi connectivity index (χ4v) is 2.91. The number of hydrogen-bond acceptors (Lipinski definition) is 2. The molecule has 0 unspecified atom stereocenters. The van der Waals surface area contributed by atoms with E-state index in [1.54, 1.807) is 17.7 Å². The molecule has 6 heteroatoms. The Morgan fingerprint density at radius 2 is 2.15 bits per heavy atom. The minimum atomic E-state index is -0.159. The summed E-state index contributed by atoms with van der Waals surface area (Å²) in [5, 5.41) is 2.92. The Labute approximate surface area is 134 Å². The number of hydrogen-bond donors (Lipinski definition) is 1. The average Bonchev–Trinajstić information content (AvgIpc) is 2.73. The van der Waals surface area contributed by atoms with Crippen LogP contribution in [-0.2, 0) is 18.4 Å². The highest BCUT2D eigenvalue weighted by Crippen LogP contribution is 2.26. The molecule has 0 spiro atoms. The second-order valence-corrected chi connectivity index (χ2v) is 6.08. The molecule has 0 fully saturated rings. The summed E-state index contributed by atoms with van der Waals surface area (Å²) in [5.74, 6) is -0.159. The van der Waals surface area contributed by atoms with Crippen molar-refractivity contribution in [3.8, 4) is 0 Å². The first-order valence-electron chi connectivity index (χ1n) is 5.92. The number of ether oxygens (including phenoxy) is 1. The average molecular weight is 402 g/mol. The molecule has 2 rings (SSSR count). The van der Waals surface area contributed by atoms with E-state index >= 15 is 0 Å². The first-order chi connectivity index (χ1) is 9.52. The van der Waals surface area contributed by atoms with Gasteiger partial charge in [0.1, 0.15) is 5.69 Å². The van der Waals surface area contributed by atoms with Gasteiger partial charge >= 0.3 is 0 Å². The fraction of sp³-hybridized carbons (Fsp3) is 0.214. The number of aromatic nitrogens is 1. The third-order valence-electron chi connectivity index (χ3n) is 2.86. The highest BCUT2D eigenvalue weighted by molar-refractivity contribution is 9.10. The maximum absolute atomic E-state index is 12.3. The van der Waals surface area contributed by atoms with Gasteiger partial charge in [0, 0.05) is 40.6 Å². The predicted molar refractivity (Wildman–Crippen MR) is 85.9 cm³/mol. The second-order valence-electron chi connectivity index (χ2n) is 4.31. The first kappa shape index (κ1) is 15.3. The highest BCUT2D eigenvalue weighted by atomic mass is 79.9. The molecule has 0 saturated heterocycles. The van der Waals surface area contributed by atoms with Gasteiger partial charge in [0.05, 0.1) is 6.61 Å². The molecule has 20 heavy (non-hydrogen) atoms. The number of carbonyl (C=O) groups excluding carboxylic acids is 1. The molecule has 1 heterocycles. The molecule has 1 N–H and O–H groups in total. The van der Waals surface area contributed by atoms with E-state index in [4.69, 9.17) is 4.74 Å². The summed E-state index contributed by atoms with van der Waals surface area (Å²) in [7, 11) is 3.45. The number of nitrogens with one attached hydrogen (secondary N) is 1. The summed E-state index contributed by atoms with van der Waals surface area (Å²) in [5.41, 5.74) is 2.24. The zero-order valence-electron chi connectivity index (χ0n) is 11.1. The van der Waals surface area contributed by atoms with Gasteiger partial charge in [-0.1, -0.05) is 22.0 Å². The molecule has 0 radical (unpaired) electrons. The summed E-state index contributed by atoms with van der Waals surface area (Å²) in [6.45, 7) is 0.424. The van der Waals surface area contributed by atoms with Crippen LogP contribution in [0.4, 0.5) is 5.69 Å². The van der Waals surface area contributed by atoms with E-state index in [0.29, 0.717) is 12.3 Å². The molecule has 0 bridgehead atoms. The van der Waals surface area contributed by atoms with Crippen molar-refractivity contribution in [3.63, 3.8) is 0 Å². The normalized spacial score (nSPS) is 10.6. The fourth-order valence-electron chi connectivity index (χ4n) is 1.90. The zero-order valence-corrected chi connectivity index (χ0v) is 14.3. The van der Waals surface area contributed by atoms with Crippen molar-refractivity contribution < 1.29 is 9.53 Å². The van der Waals surface area contributed by atoms with Gasteiger partial charge in [0.15, 0.2) is 0 Å². The van der Waals surface area contributed by atoms with E-state index in [1.165, 1.54) is 0 Å². The van der Waals surface area contributed by atoms with Crippen molar-refractivity contribution in [1.29, 1.82) is 0 Å². The molecule has 0 saturated carbocycles. The van der Waals surface area contributed by atoms with Crippen molar-refractivity contribution in [3.05, 3.63) is 50.7 Å². The first-order valence-corrected chi connectivity index (χ1v) is 7.51. The molecule has 2 aromatic rings. The molecule has 0 atom stereocenters. The van der Waals surface area contributed by atoms with Crippen LogP contribution in [0, 0.1) is 0 Å². The molecule has 1 aromatic carbocycles. The number of anilines is 1. The molecule has 1 aromatic heterocycles. The van der Waals surface area contributed by atoms with E-state index in [0.717, 1.165) is 20.2 Å². The Bertz CT molecular complexity index is 638. The highest BCUT2D eigenvalue weighted by Gasteiger charge is 2.14. The van der Waals surface area contributed by atoms with Crippen LogP contribution >= 0.6 is 31.9 Å². The number of aryl methyl sites for hydroxylation is 1. The van der Waals surface area contributed by atoms with Gasteiger partial charge < -0.3 is 14.6 Å². The lowest BCUT2D eigenvalue weighted by Gasteiger charge is -2.12. The third kappa shape index (κ3) is 3.31. The van der Waals surface area contributed by atoms with E-state index < -0.39 is 0 Å². The Morgan fingerprint density at radius 1 is 1.40 bits per heavy atom. The summed E-state index contributed by atoms with van der Waals surface area (Å²) in [6, 6.07) is 7.43. The lowest BCUT2D eigenvalue weighted by Crippen LogP contribution is -2.16. The number of rotatable bonds is 4. The van der Waals surface area contributed by atoms with Gasteiger partial charge in [-0.25, -0.2) is 0 Å². The molecule has 1 amide bonds. The molecule has 4 nitrogen and oxygen atoms in total.